The zero-order chi connectivity index (χ0) is 13.7. The molecule has 3 nitrogen and oxygen atoms in total. The molecule has 0 spiro atoms. The third-order valence-electron chi connectivity index (χ3n) is 2.64. The highest BCUT2D eigenvalue weighted by Gasteiger charge is 2.05. The molecule has 1 N–H and O–H groups in total. The topological polar surface area (TPSA) is 46.5 Å². The average Bonchev–Trinajstić information content (AvgIpc) is 2.45. The maximum absolute atomic E-state index is 10.9. The second-order valence-corrected chi connectivity index (χ2v) is 4.79. The van der Waals surface area contributed by atoms with E-state index in [1.807, 2.05) is 36.6 Å². The summed E-state index contributed by atoms with van der Waals surface area (Å²) >= 11 is 1.62. The smallest absolute Gasteiger partial charge is 0.335 e. The minimum absolute atomic E-state index is 0.277. The molecule has 4 heteroatoms. The fourth-order valence-electron chi connectivity index (χ4n) is 1.69. The molecule has 0 radical (unpaired) electrons. The molecule has 0 aliphatic heterocycles. The van der Waals surface area contributed by atoms with Gasteiger partial charge >= 0.3 is 5.97 Å². The monoisotopic (exact) mass is 274 g/mol. The Morgan fingerprint density at radius 1 is 1.21 bits per heavy atom. The van der Waals surface area contributed by atoms with E-state index < -0.39 is 5.97 Å². The van der Waals surface area contributed by atoms with E-state index in [4.69, 9.17) is 9.84 Å². The molecule has 0 saturated carbocycles. The maximum Gasteiger partial charge on any atom is 0.335 e. The zero-order valence-electron chi connectivity index (χ0n) is 10.5. The Morgan fingerprint density at radius 3 is 2.74 bits per heavy atom. The summed E-state index contributed by atoms with van der Waals surface area (Å²) in [6.45, 7) is 0.360. The summed E-state index contributed by atoms with van der Waals surface area (Å²) in [5.74, 6) is -0.109. The molecule has 0 heterocycles. The number of thioether (sulfide) groups is 1. The Hall–Kier alpha value is -1.94. The van der Waals surface area contributed by atoms with E-state index in [0.717, 1.165) is 16.2 Å². The van der Waals surface area contributed by atoms with Crippen LogP contribution in [0.1, 0.15) is 15.9 Å². The molecule has 0 aliphatic rings. The SMILES string of the molecule is CSc1ccccc1OCc1cccc(C(=O)O)c1. The summed E-state index contributed by atoms with van der Waals surface area (Å²) in [5.41, 5.74) is 1.12. The van der Waals surface area contributed by atoms with E-state index in [9.17, 15) is 4.79 Å². The molecule has 2 aromatic carbocycles. The Bertz CT molecular complexity index is 581. The van der Waals surface area contributed by atoms with Gasteiger partial charge in [0.05, 0.1) is 5.56 Å². The maximum atomic E-state index is 10.9. The average molecular weight is 274 g/mol. The quantitative estimate of drug-likeness (QED) is 0.845. The number of rotatable bonds is 5. The van der Waals surface area contributed by atoms with Gasteiger partial charge in [-0.05, 0) is 36.1 Å². The number of hydrogen-bond donors (Lipinski definition) is 1. The minimum atomic E-state index is -0.925. The molecule has 0 bridgehead atoms. The van der Waals surface area contributed by atoms with Crippen LogP contribution in [0.25, 0.3) is 0 Å². The van der Waals surface area contributed by atoms with Crippen LogP contribution in [0, 0.1) is 0 Å². The number of para-hydroxylation sites is 1. The van der Waals surface area contributed by atoms with Crippen molar-refractivity contribution >= 4 is 17.7 Å². The Labute approximate surface area is 116 Å². The highest BCUT2D eigenvalue weighted by Crippen LogP contribution is 2.27. The van der Waals surface area contributed by atoms with Crippen LogP contribution >= 0.6 is 11.8 Å². The molecule has 98 valence electrons. The van der Waals surface area contributed by atoms with Gasteiger partial charge in [-0.2, -0.15) is 0 Å². The van der Waals surface area contributed by atoms with Crippen LogP contribution in [-0.2, 0) is 6.61 Å². The molecule has 0 fully saturated rings. The molecular weight excluding hydrogens is 260 g/mol. The predicted octanol–water partition coefficient (Wildman–Crippen LogP) is 3.69. The van der Waals surface area contributed by atoms with Gasteiger partial charge in [-0.3, -0.25) is 0 Å². The Balaban J connectivity index is 2.10. The van der Waals surface area contributed by atoms with Crippen molar-refractivity contribution in [3.63, 3.8) is 0 Å². The lowest BCUT2D eigenvalue weighted by Gasteiger charge is -2.10. The molecule has 0 aliphatic carbocycles. The lowest BCUT2D eigenvalue weighted by atomic mass is 10.1. The van der Waals surface area contributed by atoms with Gasteiger partial charge in [-0.25, -0.2) is 4.79 Å². The third-order valence-corrected chi connectivity index (χ3v) is 3.41. The van der Waals surface area contributed by atoms with E-state index >= 15 is 0 Å². The molecule has 2 aromatic rings. The fourth-order valence-corrected chi connectivity index (χ4v) is 2.24. The summed E-state index contributed by atoms with van der Waals surface area (Å²) < 4.78 is 5.74. The summed E-state index contributed by atoms with van der Waals surface area (Å²) in [6, 6.07) is 14.6. The first-order valence-corrected chi connectivity index (χ1v) is 7.01. The number of carbonyl (C=O) groups is 1. The van der Waals surface area contributed by atoms with Gasteiger partial charge in [0, 0.05) is 4.90 Å². The summed E-state index contributed by atoms with van der Waals surface area (Å²) in [4.78, 5) is 12.0. The van der Waals surface area contributed by atoms with Crippen LogP contribution in [0.3, 0.4) is 0 Å². The van der Waals surface area contributed by atoms with Crippen LogP contribution in [0.2, 0.25) is 0 Å². The van der Waals surface area contributed by atoms with E-state index in [1.165, 1.54) is 0 Å². The van der Waals surface area contributed by atoms with Gasteiger partial charge in [0.25, 0.3) is 0 Å². The first-order chi connectivity index (χ1) is 9.20. The molecular formula is C15H14O3S. The highest BCUT2D eigenvalue weighted by atomic mass is 32.2. The molecule has 19 heavy (non-hydrogen) atoms. The van der Waals surface area contributed by atoms with Gasteiger partial charge in [-0.1, -0.05) is 24.3 Å². The normalized spacial score (nSPS) is 10.2. The van der Waals surface area contributed by atoms with Gasteiger partial charge < -0.3 is 9.84 Å². The van der Waals surface area contributed by atoms with Gasteiger partial charge in [-0.15, -0.1) is 11.8 Å². The Kier molecular flexibility index (Phi) is 4.47. The van der Waals surface area contributed by atoms with E-state index in [2.05, 4.69) is 0 Å². The summed E-state index contributed by atoms with van der Waals surface area (Å²) in [6.07, 6.45) is 1.99. The predicted molar refractivity (Wildman–Crippen MR) is 76.0 cm³/mol. The van der Waals surface area contributed by atoms with Crippen LogP contribution in [0.5, 0.6) is 5.75 Å². The fraction of sp³-hybridized carbons (Fsp3) is 0.133. The molecule has 0 saturated heterocycles. The number of carboxylic acids is 1. The van der Waals surface area contributed by atoms with Crippen molar-refractivity contribution in [2.45, 2.75) is 11.5 Å². The number of benzene rings is 2. The third kappa shape index (κ3) is 3.51. The lowest BCUT2D eigenvalue weighted by Crippen LogP contribution is -2.00. The van der Waals surface area contributed by atoms with Crippen molar-refractivity contribution in [3.05, 3.63) is 59.7 Å². The van der Waals surface area contributed by atoms with Crippen molar-refractivity contribution in [1.82, 2.24) is 0 Å². The second-order valence-electron chi connectivity index (χ2n) is 3.95. The molecule has 0 atom stereocenters. The first kappa shape index (κ1) is 13.5. The van der Waals surface area contributed by atoms with Crippen LogP contribution < -0.4 is 4.74 Å². The number of aromatic carboxylic acids is 1. The molecule has 0 aromatic heterocycles. The number of carboxylic acid groups (broad SMARTS) is 1. The lowest BCUT2D eigenvalue weighted by molar-refractivity contribution is 0.0696. The van der Waals surface area contributed by atoms with Gasteiger partial charge in [0.2, 0.25) is 0 Å². The van der Waals surface area contributed by atoms with Crippen LogP contribution in [0.15, 0.2) is 53.4 Å². The molecule has 0 unspecified atom stereocenters. The van der Waals surface area contributed by atoms with Crippen LogP contribution in [0.4, 0.5) is 0 Å². The molecule has 0 amide bonds. The minimum Gasteiger partial charge on any atom is -0.488 e. The number of ether oxygens (including phenoxy) is 1. The first-order valence-electron chi connectivity index (χ1n) is 5.79. The van der Waals surface area contributed by atoms with Crippen molar-refractivity contribution in [1.29, 1.82) is 0 Å². The Morgan fingerprint density at radius 2 is 2.00 bits per heavy atom. The van der Waals surface area contributed by atoms with Crippen molar-refractivity contribution < 1.29 is 14.6 Å². The molecule has 2 rings (SSSR count). The van der Waals surface area contributed by atoms with E-state index in [-0.39, 0.29) is 5.56 Å². The van der Waals surface area contributed by atoms with Crippen molar-refractivity contribution in [2.75, 3.05) is 6.26 Å². The van der Waals surface area contributed by atoms with E-state index in [1.54, 1.807) is 30.0 Å². The van der Waals surface area contributed by atoms with Crippen molar-refractivity contribution in [2.24, 2.45) is 0 Å². The second kappa shape index (κ2) is 6.29. The largest absolute Gasteiger partial charge is 0.488 e. The van der Waals surface area contributed by atoms with Gasteiger partial charge in [0.15, 0.2) is 0 Å². The summed E-state index contributed by atoms with van der Waals surface area (Å²) in [5, 5.41) is 8.93. The summed E-state index contributed by atoms with van der Waals surface area (Å²) in [7, 11) is 0. The zero-order valence-corrected chi connectivity index (χ0v) is 11.3. The highest BCUT2D eigenvalue weighted by molar-refractivity contribution is 7.98. The van der Waals surface area contributed by atoms with Crippen LogP contribution in [-0.4, -0.2) is 17.3 Å². The van der Waals surface area contributed by atoms with Gasteiger partial charge in [0.1, 0.15) is 12.4 Å². The number of hydrogen-bond acceptors (Lipinski definition) is 3. The van der Waals surface area contributed by atoms with E-state index in [0.29, 0.717) is 6.61 Å². The van der Waals surface area contributed by atoms with Crippen molar-refractivity contribution in [3.8, 4) is 5.75 Å². The standard InChI is InChI=1S/C15H14O3S/c1-19-14-8-3-2-7-13(14)18-10-11-5-4-6-12(9-11)15(16)17/h2-9H,10H2,1H3,(H,16,17).